The second kappa shape index (κ2) is 5.19. The number of nitrogens with two attached hydrogens (primary N) is 1. The molecule has 1 aromatic carbocycles. The first kappa shape index (κ1) is 14.7. The fourth-order valence-electron chi connectivity index (χ4n) is 3.31. The van der Waals surface area contributed by atoms with E-state index < -0.39 is 26.6 Å². The minimum atomic E-state index is -4.24. The molecule has 0 aromatic heterocycles. The van der Waals surface area contributed by atoms with Gasteiger partial charge in [0.05, 0.1) is 0 Å². The quantitative estimate of drug-likeness (QED) is 0.818. The van der Waals surface area contributed by atoms with E-state index in [1.54, 1.807) is 0 Å². The first-order chi connectivity index (χ1) is 9.88. The third-order valence-electron chi connectivity index (χ3n) is 4.20. The monoisotopic (exact) mass is 317 g/mol. The highest BCUT2D eigenvalue weighted by atomic mass is 32.2. The lowest BCUT2D eigenvalue weighted by atomic mass is 10.1. The van der Waals surface area contributed by atoms with E-state index in [1.807, 2.05) is 0 Å². The van der Waals surface area contributed by atoms with Crippen LogP contribution < -0.4 is 10.5 Å². The average molecular weight is 317 g/mol. The minimum Gasteiger partial charge on any atom is -0.399 e. The van der Waals surface area contributed by atoms with Gasteiger partial charge in [-0.2, -0.15) is 0 Å². The van der Waals surface area contributed by atoms with Crippen molar-refractivity contribution in [2.24, 2.45) is 0 Å². The van der Waals surface area contributed by atoms with Crippen LogP contribution in [0.5, 0.6) is 0 Å². The molecule has 2 atom stereocenters. The van der Waals surface area contributed by atoms with Gasteiger partial charge >= 0.3 is 0 Å². The summed E-state index contributed by atoms with van der Waals surface area (Å²) in [5.74, 6) is -2.33. The van der Waals surface area contributed by atoms with Crippen molar-refractivity contribution >= 4 is 15.7 Å². The summed E-state index contributed by atoms with van der Waals surface area (Å²) >= 11 is 0. The average Bonchev–Trinajstić information content (AvgIpc) is 2.92. The molecular formula is C13H17F2N3O2S. The lowest BCUT2D eigenvalue weighted by Gasteiger charge is -2.21. The second-order valence-corrected chi connectivity index (χ2v) is 7.23. The standard InChI is InChI=1S/C13H17F2N3O2S/c14-9-6-8(16)7-10(15)13(9)21(19,20)17-11-3-5-18-4-1-2-12(11)18/h6-7,11-12,17H,1-5,16H2. The van der Waals surface area contributed by atoms with Gasteiger partial charge in [-0.1, -0.05) is 0 Å². The normalized spacial score (nSPS) is 26.2. The lowest BCUT2D eigenvalue weighted by Crippen LogP contribution is -2.42. The number of nitrogens with zero attached hydrogens (tertiary/aromatic N) is 1. The van der Waals surface area contributed by atoms with E-state index in [4.69, 9.17) is 5.73 Å². The van der Waals surface area contributed by atoms with E-state index in [0.717, 1.165) is 38.1 Å². The molecule has 8 heteroatoms. The largest absolute Gasteiger partial charge is 0.399 e. The van der Waals surface area contributed by atoms with Crippen molar-refractivity contribution in [2.75, 3.05) is 18.8 Å². The molecule has 21 heavy (non-hydrogen) atoms. The van der Waals surface area contributed by atoms with Gasteiger partial charge in [-0.05, 0) is 37.9 Å². The van der Waals surface area contributed by atoms with E-state index in [9.17, 15) is 17.2 Å². The van der Waals surface area contributed by atoms with Crippen molar-refractivity contribution in [2.45, 2.75) is 36.2 Å². The van der Waals surface area contributed by atoms with Gasteiger partial charge in [0.1, 0.15) is 11.6 Å². The Morgan fingerprint density at radius 1 is 1.19 bits per heavy atom. The summed E-state index contributed by atoms with van der Waals surface area (Å²) in [6.07, 6.45) is 2.58. The number of hydrogen-bond donors (Lipinski definition) is 2. The Balaban J connectivity index is 1.88. The van der Waals surface area contributed by atoms with Crippen LogP contribution in [-0.2, 0) is 10.0 Å². The maximum absolute atomic E-state index is 13.8. The van der Waals surface area contributed by atoms with Crippen LogP contribution >= 0.6 is 0 Å². The molecule has 116 valence electrons. The van der Waals surface area contributed by atoms with Crippen molar-refractivity contribution in [1.82, 2.24) is 9.62 Å². The zero-order chi connectivity index (χ0) is 15.2. The summed E-state index contributed by atoms with van der Waals surface area (Å²) < 4.78 is 54.6. The Labute approximate surface area is 122 Å². The van der Waals surface area contributed by atoms with Crippen LogP contribution in [0.4, 0.5) is 14.5 Å². The highest BCUT2D eigenvalue weighted by Crippen LogP contribution is 2.30. The van der Waals surface area contributed by atoms with E-state index in [0.29, 0.717) is 6.42 Å². The van der Waals surface area contributed by atoms with Crippen LogP contribution in [0.3, 0.4) is 0 Å². The molecule has 0 amide bonds. The molecule has 2 aliphatic heterocycles. The molecule has 1 aromatic rings. The summed E-state index contributed by atoms with van der Waals surface area (Å²) in [4.78, 5) is 1.26. The van der Waals surface area contributed by atoms with Crippen molar-refractivity contribution in [1.29, 1.82) is 0 Å². The van der Waals surface area contributed by atoms with Gasteiger partial charge in [-0.25, -0.2) is 21.9 Å². The first-order valence-electron chi connectivity index (χ1n) is 6.89. The minimum absolute atomic E-state index is 0.125. The topological polar surface area (TPSA) is 75.4 Å². The second-order valence-electron chi connectivity index (χ2n) is 5.58. The summed E-state index contributed by atoms with van der Waals surface area (Å²) in [5, 5.41) is 0. The number of benzene rings is 1. The number of nitrogens with one attached hydrogen (secondary N) is 1. The molecule has 5 nitrogen and oxygen atoms in total. The van der Waals surface area contributed by atoms with Crippen molar-refractivity contribution in [3.63, 3.8) is 0 Å². The fourth-order valence-corrected chi connectivity index (χ4v) is 4.74. The molecule has 0 aliphatic carbocycles. The molecule has 2 heterocycles. The third kappa shape index (κ3) is 2.63. The van der Waals surface area contributed by atoms with Gasteiger partial charge in [0.2, 0.25) is 10.0 Å². The number of anilines is 1. The van der Waals surface area contributed by atoms with E-state index in [2.05, 4.69) is 9.62 Å². The SMILES string of the molecule is Nc1cc(F)c(S(=O)(=O)NC2CCN3CCCC23)c(F)c1. The lowest BCUT2D eigenvalue weighted by molar-refractivity contribution is 0.308. The number of halogens is 2. The molecule has 2 aliphatic rings. The van der Waals surface area contributed by atoms with Gasteiger partial charge in [0, 0.05) is 24.3 Å². The zero-order valence-electron chi connectivity index (χ0n) is 11.4. The van der Waals surface area contributed by atoms with Gasteiger partial charge in [0.15, 0.2) is 4.90 Å². The highest BCUT2D eigenvalue weighted by molar-refractivity contribution is 7.89. The van der Waals surface area contributed by atoms with Crippen LogP contribution in [0, 0.1) is 11.6 Å². The van der Waals surface area contributed by atoms with E-state index in [-0.39, 0.29) is 17.8 Å². The van der Waals surface area contributed by atoms with Crippen molar-refractivity contribution < 1.29 is 17.2 Å². The molecule has 0 radical (unpaired) electrons. The van der Waals surface area contributed by atoms with Crippen LogP contribution in [0.15, 0.2) is 17.0 Å². The predicted molar refractivity (Wildman–Crippen MR) is 74.1 cm³/mol. The van der Waals surface area contributed by atoms with Crippen LogP contribution in [0.1, 0.15) is 19.3 Å². The smallest absolute Gasteiger partial charge is 0.246 e. The molecule has 3 N–H and O–H groups in total. The molecule has 0 bridgehead atoms. The van der Waals surface area contributed by atoms with Crippen LogP contribution in [0.25, 0.3) is 0 Å². The number of nitrogen functional groups attached to an aromatic ring is 1. The Hall–Kier alpha value is -1.25. The molecular weight excluding hydrogens is 300 g/mol. The fraction of sp³-hybridized carbons (Fsp3) is 0.538. The molecule has 0 spiro atoms. The van der Waals surface area contributed by atoms with Crippen LogP contribution in [-0.4, -0.2) is 38.5 Å². The first-order valence-corrected chi connectivity index (χ1v) is 8.38. The molecule has 2 unspecified atom stereocenters. The number of rotatable bonds is 3. The van der Waals surface area contributed by atoms with Gasteiger partial charge < -0.3 is 5.73 Å². The number of fused-ring (bicyclic) bond motifs is 1. The van der Waals surface area contributed by atoms with Gasteiger partial charge in [0.25, 0.3) is 0 Å². The predicted octanol–water partition coefficient (Wildman–Crippen LogP) is 1.06. The summed E-state index contributed by atoms with van der Waals surface area (Å²) in [6, 6.07) is 1.45. The molecule has 2 fully saturated rings. The Kier molecular flexibility index (Phi) is 3.62. The zero-order valence-corrected chi connectivity index (χ0v) is 12.2. The van der Waals surface area contributed by atoms with Gasteiger partial charge in [-0.15, -0.1) is 0 Å². The Morgan fingerprint density at radius 3 is 2.52 bits per heavy atom. The highest BCUT2D eigenvalue weighted by Gasteiger charge is 2.40. The molecule has 3 rings (SSSR count). The Morgan fingerprint density at radius 2 is 1.86 bits per heavy atom. The third-order valence-corrected chi connectivity index (χ3v) is 5.74. The molecule has 0 saturated carbocycles. The number of sulfonamides is 1. The van der Waals surface area contributed by atoms with E-state index in [1.165, 1.54) is 0 Å². The van der Waals surface area contributed by atoms with E-state index >= 15 is 0 Å². The van der Waals surface area contributed by atoms with Crippen molar-refractivity contribution in [3.8, 4) is 0 Å². The molecule has 2 saturated heterocycles. The maximum atomic E-state index is 13.8. The van der Waals surface area contributed by atoms with Crippen LogP contribution in [0.2, 0.25) is 0 Å². The summed E-state index contributed by atoms with van der Waals surface area (Å²) in [5.41, 5.74) is 5.16. The maximum Gasteiger partial charge on any atom is 0.246 e. The Bertz CT molecular complexity index is 642. The van der Waals surface area contributed by atoms with Gasteiger partial charge in [-0.3, -0.25) is 4.90 Å². The van der Waals surface area contributed by atoms with Crippen molar-refractivity contribution in [3.05, 3.63) is 23.8 Å². The summed E-state index contributed by atoms with van der Waals surface area (Å²) in [7, 11) is -4.24. The summed E-state index contributed by atoms with van der Waals surface area (Å²) in [6.45, 7) is 1.76. The number of hydrogen-bond acceptors (Lipinski definition) is 4.